The second-order valence-corrected chi connectivity index (χ2v) is 7.29. The molecule has 4 amide bonds. The van der Waals surface area contributed by atoms with E-state index in [9.17, 15) is 24.0 Å². The lowest BCUT2D eigenvalue weighted by Crippen LogP contribution is -2.56. The van der Waals surface area contributed by atoms with Crippen LogP contribution in [0.25, 0.3) is 0 Å². The predicted molar refractivity (Wildman–Crippen MR) is 107 cm³/mol. The molecule has 0 aromatic carbocycles. The summed E-state index contributed by atoms with van der Waals surface area (Å²) in [5, 5.41) is 19.5. The lowest BCUT2D eigenvalue weighted by Gasteiger charge is -2.23. The summed E-state index contributed by atoms with van der Waals surface area (Å²) in [6.45, 7) is 2.55. The van der Waals surface area contributed by atoms with Crippen LogP contribution in [0, 0.1) is 0 Å². The van der Waals surface area contributed by atoms with Crippen molar-refractivity contribution in [2.75, 3.05) is 13.1 Å². The van der Waals surface area contributed by atoms with Crippen LogP contribution in [0.2, 0.25) is 0 Å². The van der Waals surface area contributed by atoms with Gasteiger partial charge in [-0.15, -0.1) is 0 Å². The van der Waals surface area contributed by atoms with Crippen LogP contribution in [-0.2, 0) is 24.0 Å². The fourth-order valence-electron chi connectivity index (χ4n) is 3.02. The Labute approximate surface area is 174 Å². The molecule has 0 aromatic rings. The van der Waals surface area contributed by atoms with Crippen molar-refractivity contribution < 1.29 is 29.1 Å². The molecule has 30 heavy (non-hydrogen) atoms. The molecule has 1 saturated heterocycles. The number of primary amides is 1. The third kappa shape index (κ3) is 8.74. The normalized spacial score (nSPS) is 18.7. The van der Waals surface area contributed by atoms with Gasteiger partial charge in [0.25, 0.3) is 0 Å². The van der Waals surface area contributed by atoms with Gasteiger partial charge in [0.15, 0.2) is 0 Å². The Hall–Kier alpha value is -2.73. The molecule has 0 aliphatic carbocycles. The number of aliphatic carboxylic acids is 1. The largest absolute Gasteiger partial charge is 0.480 e. The van der Waals surface area contributed by atoms with Crippen molar-refractivity contribution in [2.45, 2.75) is 69.6 Å². The lowest BCUT2D eigenvalue weighted by molar-refractivity contribution is -0.143. The second-order valence-electron chi connectivity index (χ2n) is 7.29. The van der Waals surface area contributed by atoms with Gasteiger partial charge in [-0.2, -0.15) is 0 Å². The van der Waals surface area contributed by atoms with Gasteiger partial charge in [0, 0.05) is 0 Å². The van der Waals surface area contributed by atoms with Crippen LogP contribution in [0.1, 0.15) is 45.4 Å². The third-order valence-electron chi connectivity index (χ3n) is 4.73. The Bertz CT molecular complexity index is 637. The van der Waals surface area contributed by atoms with Crippen molar-refractivity contribution in [3.05, 3.63) is 0 Å². The van der Waals surface area contributed by atoms with Crippen LogP contribution < -0.4 is 32.7 Å². The Morgan fingerprint density at radius 1 is 1.07 bits per heavy atom. The zero-order valence-electron chi connectivity index (χ0n) is 17.1. The van der Waals surface area contributed by atoms with E-state index in [-0.39, 0.29) is 11.9 Å². The van der Waals surface area contributed by atoms with E-state index in [1.165, 1.54) is 6.92 Å². The average Bonchev–Trinajstić information content (AvgIpc) is 3.21. The predicted octanol–water partition coefficient (Wildman–Crippen LogP) is -2.70. The van der Waals surface area contributed by atoms with Crippen molar-refractivity contribution in [2.24, 2.45) is 11.5 Å². The van der Waals surface area contributed by atoms with Crippen molar-refractivity contribution in [1.82, 2.24) is 21.3 Å². The monoisotopic (exact) mass is 428 g/mol. The highest BCUT2D eigenvalue weighted by molar-refractivity contribution is 5.94. The van der Waals surface area contributed by atoms with Crippen LogP contribution in [0.3, 0.4) is 0 Å². The number of carbonyl (C=O) groups excluding carboxylic acids is 4. The molecule has 9 N–H and O–H groups in total. The molecular formula is C18H32N6O6. The summed E-state index contributed by atoms with van der Waals surface area (Å²) < 4.78 is 0. The summed E-state index contributed by atoms with van der Waals surface area (Å²) in [5.41, 5.74) is 10.5. The van der Waals surface area contributed by atoms with Gasteiger partial charge in [-0.1, -0.05) is 0 Å². The molecule has 0 bridgehead atoms. The van der Waals surface area contributed by atoms with E-state index >= 15 is 0 Å². The molecule has 0 saturated carbocycles. The van der Waals surface area contributed by atoms with E-state index in [1.54, 1.807) is 0 Å². The molecule has 12 nitrogen and oxygen atoms in total. The highest BCUT2D eigenvalue weighted by atomic mass is 16.4. The summed E-state index contributed by atoms with van der Waals surface area (Å²) in [7, 11) is 0. The zero-order valence-corrected chi connectivity index (χ0v) is 17.1. The Kier molecular flexibility index (Phi) is 10.8. The molecule has 1 heterocycles. The van der Waals surface area contributed by atoms with Crippen LogP contribution in [0.5, 0.6) is 0 Å². The number of rotatable bonds is 13. The summed E-state index contributed by atoms with van der Waals surface area (Å²) in [4.78, 5) is 59.4. The van der Waals surface area contributed by atoms with Gasteiger partial charge in [-0.05, 0) is 52.1 Å². The molecule has 4 atom stereocenters. The molecule has 1 aliphatic heterocycles. The Balaban J connectivity index is 2.69. The van der Waals surface area contributed by atoms with Gasteiger partial charge in [-0.3, -0.25) is 19.2 Å². The van der Waals surface area contributed by atoms with Gasteiger partial charge in [0.05, 0.1) is 12.5 Å². The maximum atomic E-state index is 12.7. The molecular weight excluding hydrogens is 396 g/mol. The molecule has 1 fully saturated rings. The Morgan fingerprint density at radius 2 is 1.77 bits per heavy atom. The average molecular weight is 428 g/mol. The van der Waals surface area contributed by atoms with Crippen LogP contribution in [0.4, 0.5) is 0 Å². The standard InChI is InChI=1S/C18H32N6O6/c1-10(15(26)24-13(18(29)30)9-14(20)25)22-17(28)12(5-2-3-7-19)23-16(27)11-6-4-8-21-11/h10-13,21H,2-9,19H2,1H3,(H2,20,25)(H,22,28)(H,23,27)(H,24,26)(H,29,30). The fraction of sp³-hybridized carbons (Fsp3) is 0.722. The minimum absolute atomic E-state index is 0.287. The number of carboxylic acids is 1. The number of hydrogen-bond donors (Lipinski definition) is 7. The highest BCUT2D eigenvalue weighted by Crippen LogP contribution is 2.07. The second kappa shape index (κ2) is 12.8. The van der Waals surface area contributed by atoms with Gasteiger partial charge in [0.2, 0.25) is 23.6 Å². The van der Waals surface area contributed by atoms with E-state index in [4.69, 9.17) is 16.6 Å². The topological polar surface area (TPSA) is 206 Å². The number of nitrogens with two attached hydrogens (primary N) is 2. The van der Waals surface area contributed by atoms with E-state index in [0.29, 0.717) is 32.2 Å². The lowest BCUT2D eigenvalue weighted by atomic mass is 10.1. The molecule has 1 aliphatic rings. The van der Waals surface area contributed by atoms with E-state index in [0.717, 1.165) is 13.0 Å². The minimum atomic E-state index is -1.50. The van der Waals surface area contributed by atoms with E-state index < -0.39 is 48.2 Å². The molecule has 0 spiro atoms. The fourth-order valence-corrected chi connectivity index (χ4v) is 3.02. The summed E-state index contributed by atoms with van der Waals surface area (Å²) in [6.07, 6.45) is 2.59. The SMILES string of the molecule is CC(NC(=O)C(CCCCN)NC(=O)C1CCCN1)C(=O)NC(CC(N)=O)C(=O)O. The van der Waals surface area contributed by atoms with Crippen molar-refractivity contribution >= 4 is 29.6 Å². The molecule has 170 valence electrons. The van der Waals surface area contributed by atoms with Crippen LogP contribution >= 0.6 is 0 Å². The first kappa shape index (κ1) is 25.3. The molecule has 0 radical (unpaired) electrons. The summed E-state index contributed by atoms with van der Waals surface area (Å²) >= 11 is 0. The van der Waals surface area contributed by atoms with Gasteiger partial charge >= 0.3 is 5.97 Å². The first-order valence-electron chi connectivity index (χ1n) is 10.0. The summed E-state index contributed by atoms with van der Waals surface area (Å²) in [6, 6.07) is -3.81. The van der Waals surface area contributed by atoms with Crippen molar-refractivity contribution in [3.63, 3.8) is 0 Å². The number of carboxylic acid groups (broad SMARTS) is 1. The Morgan fingerprint density at radius 3 is 2.30 bits per heavy atom. The quantitative estimate of drug-likeness (QED) is 0.153. The minimum Gasteiger partial charge on any atom is -0.480 e. The first-order valence-corrected chi connectivity index (χ1v) is 10.0. The molecule has 0 aromatic heterocycles. The maximum Gasteiger partial charge on any atom is 0.326 e. The number of carbonyl (C=O) groups is 5. The number of nitrogens with one attached hydrogen (secondary N) is 4. The van der Waals surface area contributed by atoms with Crippen LogP contribution in [0.15, 0.2) is 0 Å². The molecule has 4 unspecified atom stereocenters. The molecule has 12 heteroatoms. The van der Waals surface area contributed by atoms with Crippen molar-refractivity contribution in [1.29, 1.82) is 0 Å². The van der Waals surface area contributed by atoms with E-state index in [1.807, 2.05) is 0 Å². The number of amides is 4. The van der Waals surface area contributed by atoms with Crippen LogP contribution in [-0.4, -0.2) is 72.0 Å². The first-order chi connectivity index (χ1) is 14.1. The highest BCUT2D eigenvalue weighted by Gasteiger charge is 2.30. The number of unbranched alkanes of at least 4 members (excludes halogenated alkanes) is 1. The zero-order chi connectivity index (χ0) is 22.7. The van der Waals surface area contributed by atoms with Gasteiger partial charge in [0.1, 0.15) is 18.1 Å². The smallest absolute Gasteiger partial charge is 0.326 e. The summed E-state index contributed by atoms with van der Waals surface area (Å²) in [5.74, 6) is -3.95. The molecule has 1 rings (SSSR count). The number of hydrogen-bond acceptors (Lipinski definition) is 7. The van der Waals surface area contributed by atoms with Crippen molar-refractivity contribution in [3.8, 4) is 0 Å². The van der Waals surface area contributed by atoms with E-state index in [2.05, 4.69) is 21.3 Å². The van der Waals surface area contributed by atoms with Gasteiger partial charge in [-0.25, -0.2) is 4.79 Å². The van der Waals surface area contributed by atoms with Gasteiger partial charge < -0.3 is 37.8 Å². The maximum absolute atomic E-state index is 12.7. The third-order valence-corrected chi connectivity index (χ3v) is 4.73.